The van der Waals surface area contributed by atoms with Crippen molar-refractivity contribution in [3.63, 3.8) is 0 Å². The second-order valence-electron chi connectivity index (χ2n) is 12.8. The van der Waals surface area contributed by atoms with E-state index in [1.807, 2.05) is 12.3 Å². The Morgan fingerprint density at radius 2 is 1.12 bits per heavy atom. The predicted molar refractivity (Wildman–Crippen MR) is 202 cm³/mol. The van der Waals surface area contributed by atoms with Gasteiger partial charge in [-0.25, -0.2) is 9.97 Å². The molecule has 6 aromatic carbocycles. The minimum absolute atomic E-state index is 0.871. The van der Waals surface area contributed by atoms with E-state index in [4.69, 9.17) is 4.98 Å². The molecule has 0 saturated carbocycles. The first-order valence-electron chi connectivity index (χ1n) is 16.6. The standard InChI is InChI=1S/C44H27N5/c1-2-10-29(11-3-1)48-38-17-6-4-12-30(38)33-24-27(19-21-40(33)48)28-20-22-41-34(25-28)31-13-5-7-18-39(31)49(41)42-26-35-32-14-9-23-45-44(32)47-37-16-8-15-36(46-42)43(35)37/h1-26H,(H,45,47). The lowest BCUT2D eigenvalue weighted by molar-refractivity contribution is 1.10. The van der Waals surface area contributed by atoms with E-state index in [0.717, 1.165) is 50.4 Å². The molecule has 11 rings (SSSR count). The van der Waals surface area contributed by atoms with Crippen LogP contribution in [-0.2, 0) is 0 Å². The normalized spacial score (nSPS) is 12.2. The van der Waals surface area contributed by atoms with Crippen LogP contribution in [0.3, 0.4) is 0 Å². The van der Waals surface area contributed by atoms with Crippen LogP contribution in [0.1, 0.15) is 0 Å². The zero-order valence-corrected chi connectivity index (χ0v) is 26.3. The molecule has 5 heterocycles. The summed E-state index contributed by atoms with van der Waals surface area (Å²) in [5.74, 6) is 1.76. The Labute approximate surface area is 281 Å². The average molecular weight is 626 g/mol. The number of nitrogens with zero attached hydrogens (tertiary/aromatic N) is 4. The van der Waals surface area contributed by atoms with Crippen molar-refractivity contribution in [3.05, 3.63) is 158 Å². The summed E-state index contributed by atoms with van der Waals surface area (Å²) in [4.78, 5) is 9.91. The van der Waals surface area contributed by atoms with Gasteiger partial charge in [0.05, 0.1) is 27.6 Å². The first-order valence-corrected chi connectivity index (χ1v) is 16.6. The molecule has 0 amide bonds. The van der Waals surface area contributed by atoms with Crippen LogP contribution in [0, 0.1) is 0 Å². The molecule has 0 bridgehead atoms. The molecule has 0 radical (unpaired) electrons. The Kier molecular flexibility index (Phi) is 5.32. The van der Waals surface area contributed by atoms with Crippen molar-refractivity contribution in [1.29, 1.82) is 0 Å². The monoisotopic (exact) mass is 625 g/mol. The Morgan fingerprint density at radius 3 is 1.88 bits per heavy atom. The van der Waals surface area contributed by atoms with Gasteiger partial charge in [-0.15, -0.1) is 0 Å². The van der Waals surface area contributed by atoms with Crippen molar-refractivity contribution in [2.75, 3.05) is 5.32 Å². The molecule has 49 heavy (non-hydrogen) atoms. The summed E-state index contributed by atoms with van der Waals surface area (Å²) in [6.07, 6.45) is 1.84. The van der Waals surface area contributed by atoms with Crippen molar-refractivity contribution < 1.29 is 0 Å². The third-order valence-electron chi connectivity index (χ3n) is 10.1. The minimum Gasteiger partial charge on any atom is -0.339 e. The molecule has 0 aliphatic carbocycles. The first-order chi connectivity index (χ1) is 24.3. The molecule has 5 heteroatoms. The fourth-order valence-electron chi connectivity index (χ4n) is 7.96. The third kappa shape index (κ3) is 3.75. The van der Waals surface area contributed by atoms with Crippen LogP contribution in [-0.4, -0.2) is 19.1 Å². The summed E-state index contributed by atoms with van der Waals surface area (Å²) in [7, 11) is 0. The molecule has 1 aliphatic heterocycles. The maximum Gasteiger partial charge on any atom is 0.138 e. The number of fused-ring (bicyclic) bond motifs is 8. The van der Waals surface area contributed by atoms with Crippen molar-refractivity contribution in [3.8, 4) is 33.8 Å². The van der Waals surface area contributed by atoms with E-state index in [-0.39, 0.29) is 0 Å². The van der Waals surface area contributed by atoms with E-state index in [9.17, 15) is 0 Å². The van der Waals surface area contributed by atoms with Crippen molar-refractivity contribution >= 4 is 66.0 Å². The second-order valence-corrected chi connectivity index (χ2v) is 12.8. The quantitative estimate of drug-likeness (QED) is 0.212. The first kappa shape index (κ1) is 26.4. The van der Waals surface area contributed by atoms with Gasteiger partial charge in [0.2, 0.25) is 0 Å². The lowest BCUT2D eigenvalue weighted by atomic mass is 9.97. The number of benzene rings is 6. The molecule has 0 saturated heterocycles. The Morgan fingerprint density at radius 1 is 0.469 bits per heavy atom. The van der Waals surface area contributed by atoms with Gasteiger partial charge >= 0.3 is 0 Å². The summed E-state index contributed by atoms with van der Waals surface area (Å²) < 4.78 is 4.68. The number of aromatic nitrogens is 4. The summed E-state index contributed by atoms with van der Waals surface area (Å²) in [6, 6.07) is 54.3. The second kappa shape index (κ2) is 9.89. The van der Waals surface area contributed by atoms with Crippen LogP contribution in [0.2, 0.25) is 0 Å². The lowest BCUT2D eigenvalue weighted by Gasteiger charge is -2.22. The van der Waals surface area contributed by atoms with E-state index in [0.29, 0.717) is 0 Å². The number of anilines is 2. The van der Waals surface area contributed by atoms with Gasteiger partial charge in [-0.1, -0.05) is 72.8 Å². The molecule has 0 unspecified atom stereocenters. The van der Waals surface area contributed by atoms with Gasteiger partial charge in [-0.2, -0.15) is 0 Å². The van der Waals surface area contributed by atoms with E-state index < -0.39 is 0 Å². The summed E-state index contributed by atoms with van der Waals surface area (Å²) in [5, 5.41) is 9.54. The van der Waals surface area contributed by atoms with Crippen LogP contribution < -0.4 is 5.32 Å². The SMILES string of the molecule is c1ccc(-n2c3ccccc3c3cc(-c4ccc5c(c4)c4ccccc4n5-c4cc5c6c(cccc6n4)Nc4ncccc4-5)ccc32)cc1. The van der Waals surface area contributed by atoms with E-state index >= 15 is 0 Å². The molecule has 0 atom stereocenters. The van der Waals surface area contributed by atoms with Crippen LogP contribution in [0.4, 0.5) is 11.5 Å². The zero-order chi connectivity index (χ0) is 32.1. The highest BCUT2D eigenvalue weighted by Crippen LogP contribution is 2.44. The number of nitrogens with one attached hydrogen (secondary N) is 1. The molecule has 1 aliphatic rings. The predicted octanol–water partition coefficient (Wildman–Crippen LogP) is 11.2. The number of hydrogen-bond acceptors (Lipinski definition) is 3. The van der Waals surface area contributed by atoms with Gasteiger partial charge < -0.3 is 9.88 Å². The fourth-order valence-corrected chi connectivity index (χ4v) is 7.96. The number of pyridine rings is 2. The fraction of sp³-hybridized carbons (Fsp3) is 0. The number of rotatable bonds is 3. The molecule has 1 N–H and O–H groups in total. The highest BCUT2D eigenvalue weighted by Gasteiger charge is 2.22. The zero-order valence-electron chi connectivity index (χ0n) is 26.3. The number of hydrogen-bond donors (Lipinski definition) is 1. The maximum absolute atomic E-state index is 5.27. The van der Waals surface area contributed by atoms with Gasteiger partial charge in [-0.3, -0.25) is 4.57 Å². The summed E-state index contributed by atoms with van der Waals surface area (Å²) in [5.41, 5.74) is 12.4. The largest absolute Gasteiger partial charge is 0.339 e. The van der Waals surface area contributed by atoms with E-state index in [1.54, 1.807) is 0 Å². The summed E-state index contributed by atoms with van der Waals surface area (Å²) in [6.45, 7) is 0. The van der Waals surface area contributed by atoms with Crippen LogP contribution in [0.25, 0.3) is 88.3 Å². The van der Waals surface area contributed by atoms with E-state index in [2.05, 4.69) is 165 Å². The Balaban J connectivity index is 1.12. The molecular formula is C44H27N5. The Bertz CT molecular complexity index is 2970. The van der Waals surface area contributed by atoms with Crippen molar-refractivity contribution in [2.24, 2.45) is 0 Å². The lowest BCUT2D eigenvalue weighted by Crippen LogP contribution is -2.06. The van der Waals surface area contributed by atoms with Gasteiger partial charge in [-0.05, 0) is 90.0 Å². The van der Waals surface area contributed by atoms with Gasteiger partial charge in [0.25, 0.3) is 0 Å². The molecule has 228 valence electrons. The van der Waals surface area contributed by atoms with Crippen LogP contribution in [0.15, 0.2) is 158 Å². The molecule has 4 aromatic heterocycles. The Hall–Kier alpha value is -6.72. The van der Waals surface area contributed by atoms with Gasteiger partial charge in [0.1, 0.15) is 11.6 Å². The third-order valence-corrected chi connectivity index (χ3v) is 10.1. The molecule has 10 aromatic rings. The molecular weight excluding hydrogens is 599 g/mol. The van der Waals surface area contributed by atoms with Crippen molar-refractivity contribution in [2.45, 2.75) is 0 Å². The van der Waals surface area contributed by atoms with Crippen molar-refractivity contribution in [1.82, 2.24) is 19.1 Å². The average Bonchev–Trinajstić information content (AvgIpc) is 3.67. The maximum atomic E-state index is 5.27. The molecule has 0 fully saturated rings. The number of para-hydroxylation sites is 3. The van der Waals surface area contributed by atoms with E-state index in [1.165, 1.54) is 49.4 Å². The molecule has 5 nitrogen and oxygen atoms in total. The molecule has 0 spiro atoms. The highest BCUT2D eigenvalue weighted by atomic mass is 15.1. The van der Waals surface area contributed by atoms with Crippen LogP contribution in [0.5, 0.6) is 0 Å². The smallest absolute Gasteiger partial charge is 0.138 e. The summed E-state index contributed by atoms with van der Waals surface area (Å²) >= 11 is 0. The van der Waals surface area contributed by atoms with Crippen LogP contribution >= 0.6 is 0 Å². The highest BCUT2D eigenvalue weighted by molar-refractivity contribution is 6.14. The minimum atomic E-state index is 0.871. The topological polar surface area (TPSA) is 47.7 Å². The van der Waals surface area contributed by atoms with Gasteiger partial charge in [0.15, 0.2) is 0 Å². The van der Waals surface area contributed by atoms with Gasteiger partial charge in [0, 0.05) is 55.6 Å².